The number of amides is 1. The van der Waals surface area contributed by atoms with Gasteiger partial charge in [0.05, 0.1) is 11.7 Å². The van der Waals surface area contributed by atoms with Gasteiger partial charge in [0.2, 0.25) is 5.82 Å². The molecule has 2 aliphatic heterocycles. The number of alkyl halides is 3. The van der Waals surface area contributed by atoms with E-state index in [2.05, 4.69) is 9.97 Å². The quantitative estimate of drug-likeness (QED) is 0.731. The second kappa shape index (κ2) is 5.07. The van der Waals surface area contributed by atoms with Crippen molar-refractivity contribution in [2.24, 2.45) is 0 Å². The Hall–Kier alpha value is -1.86. The average Bonchev–Trinajstić information content (AvgIpc) is 2.71. The number of nitrogens with zero attached hydrogens (tertiary/aromatic N) is 3. The summed E-state index contributed by atoms with van der Waals surface area (Å²) in [4.78, 5) is 21.1. The van der Waals surface area contributed by atoms with Gasteiger partial charge in [-0.15, -0.1) is 0 Å². The third-order valence-electron chi connectivity index (χ3n) is 4.05. The first kappa shape index (κ1) is 16.0. The van der Waals surface area contributed by atoms with E-state index in [4.69, 9.17) is 4.74 Å². The van der Waals surface area contributed by atoms with E-state index in [0.717, 1.165) is 6.42 Å². The number of carbonyl (C=O) groups excluding carboxylic acids is 1. The van der Waals surface area contributed by atoms with Gasteiger partial charge in [-0.3, -0.25) is 4.90 Å². The van der Waals surface area contributed by atoms with Crippen LogP contribution in [-0.2, 0) is 17.3 Å². The Balaban J connectivity index is 1.90. The van der Waals surface area contributed by atoms with Gasteiger partial charge in [-0.25, -0.2) is 14.8 Å². The largest absolute Gasteiger partial charge is 0.451 e. The summed E-state index contributed by atoms with van der Waals surface area (Å²) in [7, 11) is 0. The first-order valence-corrected chi connectivity index (χ1v) is 7.50. The molecule has 3 rings (SSSR count). The molecule has 8 heteroatoms. The zero-order chi connectivity index (χ0) is 17.0. The minimum Gasteiger partial charge on any atom is -0.444 e. The predicted molar refractivity (Wildman–Crippen MR) is 74.6 cm³/mol. The molecule has 5 nitrogen and oxygen atoms in total. The van der Waals surface area contributed by atoms with Crippen LogP contribution in [0.15, 0.2) is 6.20 Å². The van der Waals surface area contributed by atoms with E-state index < -0.39 is 23.7 Å². The fraction of sp³-hybridized carbons (Fsp3) is 0.667. The first-order valence-electron chi connectivity index (χ1n) is 7.50. The highest BCUT2D eigenvalue weighted by Gasteiger charge is 2.46. The molecule has 0 aromatic carbocycles. The van der Waals surface area contributed by atoms with Crippen LogP contribution < -0.4 is 0 Å². The van der Waals surface area contributed by atoms with E-state index >= 15 is 0 Å². The molecule has 0 spiro atoms. The minimum absolute atomic E-state index is 0.168. The van der Waals surface area contributed by atoms with Crippen molar-refractivity contribution < 1.29 is 22.7 Å². The highest BCUT2D eigenvalue weighted by Crippen LogP contribution is 2.44. The molecule has 1 amide bonds. The predicted octanol–water partition coefficient (Wildman–Crippen LogP) is 3.49. The van der Waals surface area contributed by atoms with E-state index in [1.165, 1.54) is 6.20 Å². The number of rotatable bonds is 0. The minimum atomic E-state index is -4.56. The molecule has 1 aromatic heterocycles. The van der Waals surface area contributed by atoms with Crippen LogP contribution in [0.3, 0.4) is 0 Å². The zero-order valence-corrected chi connectivity index (χ0v) is 13.1. The lowest BCUT2D eigenvalue weighted by Crippen LogP contribution is -2.45. The van der Waals surface area contributed by atoms with Crippen molar-refractivity contribution in [3.05, 3.63) is 23.3 Å². The van der Waals surface area contributed by atoms with Crippen LogP contribution in [0.4, 0.5) is 18.0 Å². The number of hydrogen-bond donors (Lipinski definition) is 0. The molecule has 1 fully saturated rings. The van der Waals surface area contributed by atoms with Crippen molar-refractivity contribution >= 4 is 6.09 Å². The molecule has 0 N–H and O–H groups in total. The van der Waals surface area contributed by atoms with Gasteiger partial charge in [0.15, 0.2) is 0 Å². The Morgan fingerprint density at radius 3 is 2.61 bits per heavy atom. The zero-order valence-electron chi connectivity index (χ0n) is 13.1. The third-order valence-corrected chi connectivity index (χ3v) is 4.05. The summed E-state index contributed by atoms with van der Waals surface area (Å²) in [6.45, 7) is 5.34. The molecule has 0 aliphatic carbocycles. The molecule has 2 bridgehead atoms. The van der Waals surface area contributed by atoms with Crippen molar-refractivity contribution in [1.82, 2.24) is 14.9 Å². The van der Waals surface area contributed by atoms with Gasteiger partial charge in [0.25, 0.3) is 0 Å². The molecular weight excluding hydrogens is 311 g/mol. The number of halogens is 3. The topological polar surface area (TPSA) is 55.3 Å². The summed E-state index contributed by atoms with van der Waals surface area (Å²) < 4.78 is 43.7. The summed E-state index contributed by atoms with van der Waals surface area (Å²) in [6.07, 6.45) is -2.08. The molecular formula is C15H18F3N3O2. The summed E-state index contributed by atoms with van der Waals surface area (Å²) in [5.74, 6) is -1.12. The van der Waals surface area contributed by atoms with Gasteiger partial charge >= 0.3 is 12.3 Å². The lowest BCUT2D eigenvalue weighted by atomic mass is 10.00. The summed E-state index contributed by atoms with van der Waals surface area (Å²) in [6, 6.07) is -0.473. The lowest BCUT2D eigenvalue weighted by Gasteiger charge is -2.36. The number of aromatic nitrogens is 2. The molecule has 3 heterocycles. The van der Waals surface area contributed by atoms with Crippen LogP contribution >= 0.6 is 0 Å². The van der Waals surface area contributed by atoms with Crippen LogP contribution in [0, 0.1) is 0 Å². The van der Waals surface area contributed by atoms with Gasteiger partial charge < -0.3 is 4.74 Å². The van der Waals surface area contributed by atoms with Crippen molar-refractivity contribution in [2.45, 2.75) is 63.9 Å². The van der Waals surface area contributed by atoms with Crippen LogP contribution in [0.2, 0.25) is 0 Å². The van der Waals surface area contributed by atoms with Gasteiger partial charge in [0, 0.05) is 24.2 Å². The van der Waals surface area contributed by atoms with Crippen LogP contribution in [0.5, 0.6) is 0 Å². The third kappa shape index (κ3) is 2.98. The van der Waals surface area contributed by atoms with Crippen LogP contribution in [0.25, 0.3) is 0 Å². The molecule has 1 saturated heterocycles. The van der Waals surface area contributed by atoms with Crippen LogP contribution in [0.1, 0.15) is 56.7 Å². The lowest BCUT2D eigenvalue weighted by molar-refractivity contribution is -0.145. The Kier molecular flexibility index (Phi) is 3.53. The fourth-order valence-electron chi connectivity index (χ4n) is 3.21. The average molecular weight is 329 g/mol. The smallest absolute Gasteiger partial charge is 0.444 e. The maximum Gasteiger partial charge on any atom is 0.451 e. The van der Waals surface area contributed by atoms with E-state index in [9.17, 15) is 18.0 Å². The SMILES string of the molecule is CC(C)(C)OC(=O)N1C2CCC1c1cnc(C(F)(F)F)nc1C2. The second-order valence-electron chi connectivity index (χ2n) is 6.93. The molecule has 2 unspecified atom stereocenters. The van der Waals surface area contributed by atoms with Crippen molar-refractivity contribution in [1.29, 1.82) is 0 Å². The highest BCUT2D eigenvalue weighted by atomic mass is 19.4. The standard InChI is InChI=1S/C15H18F3N3O2/c1-14(2,3)23-13(22)21-8-4-5-11(21)9-7-19-12(15(16,17)18)20-10(9)6-8/h7-8,11H,4-6H2,1-3H3. The molecule has 23 heavy (non-hydrogen) atoms. The molecule has 0 radical (unpaired) electrons. The van der Waals surface area contributed by atoms with Gasteiger partial charge in [-0.2, -0.15) is 13.2 Å². The van der Waals surface area contributed by atoms with Crippen LogP contribution in [-0.4, -0.2) is 32.6 Å². The van der Waals surface area contributed by atoms with Gasteiger partial charge in [-0.05, 0) is 33.6 Å². The molecule has 1 aromatic rings. The molecule has 2 aliphatic rings. The van der Waals surface area contributed by atoms with E-state index in [1.54, 1.807) is 25.7 Å². The normalized spacial score (nSPS) is 23.7. The van der Waals surface area contributed by atoms with Gasteiger partial charge in [-0.1, -0.05) is 0 Å². The summed E-state index contributed by atoms with van der Waals surface area (Å²) in [5.41, 5.74) is 0.366. The summed E-state index contributed by atoms with van der Waals surface area (Å²) >= 11 is 0. The Morgan fingerprint density at radius 2 is 2.00 bits per heavy atom. The maximum atomic E-state index is 12.7. The monoisotopic (exact) mass is 329 g/mol. The second-order valence-corrected chi connectivity index (χ2v) is 6.93. The van der Waals surface area contributed by atoms with E-state index in [1.807, 2.05) is 0 Å². The number of fused-ring (bicyclic) bond motifs is 4. The molecule has 126 valence electrons. The number of hydrogen-bond acceptors (Lipinski definition) is 4. The fourth-order valence-corrected chi connectivity index (χ4v) is 3.21. The maximum absolute atomic E-state index is 12.7. The van der Waals surface area contributed by atoms with Crippen molar-refractivity contribution in [3.63, 3.8) is 0 Å². The first-order chi connectivity index (χ1) is 10.6. The molecule has 0 saturated carbocycles. The highest BCUT2D eigenvalue weighted by molar-refractivity contribution is 5.70. The Labute approximate surface area is 131 Å². The Bertz CT molecular complexity index is 640. The summed E-state index contributed by atoms with van der Waals surface area (Å²) in [5, 5.41) is 0. The number of ether oxygens (including phenoxy) is 1. The Morgan fingerprint density at radius 1 is 1.30 bits per heavy atom. The van der Waals surface area contributed by atoms with Crippen molar-refractivity contribution in [2.75, 3.05) is 0 Å². The van der Waals surface area contributed by atoms with E-state index in [-0.39, 0.29) is 12.1 Å². The van der Waals surface area contributed by atoms with Gasteiger partial charge in [0.1, 0.15) is 5.60 Å². The molecule has 2 atom stereocenters. The van der Waals surface area contributed by atoms with E-state index in [0.29, 0.717) is 24.1 Å². The number of carbonyl (C=O) groups is 1. The van der Waals surface area contributed by atoms with Crippen molar-refractivity contribution in [3.8, 4) is 0 Å².